The van der Waals surface area contributed by atoms with Gasteiger partial charge in [0, 0.05) is 43.7 Å². The third-order valence-electron chi connectivity index (χ3n) is 9.99. The first kappa shape index (κ1) is 28.7. The number of fused-ring (bicyclic) bond motifs is 2. The summed E-state index contributed by atoms with van der Waals surface area (Å²) in [6, 6.07) is 23.4. The van der Waals surface area contributed by atoms with E-state index in [0.29, 0.717) is 47.5 Å². The monoisotopic (exact) mass is 615 g/mol. The summed E-state index contributed by atoms with van der Waals surface area (Å²) in [4.78, 5) is 4.83. The van der Waals surface area contributed by atoms with Crippen LogP contribution in [0.4, 0.5) is 0 Å². The zero-order valence-corrected chi connectivity index (χ0v) is 26.5. The van der Waals surface area contributed by atoms with Crippen LogP contribution in [0.15, 0.2) is 60.7 Å². The molecule has 8 heteroatoms. The quantitative estimate of drug-likeness (QED) is 0.205. The number of methoxy groups -OCH3 is 2. The van der Waals surface area contributed by atoms with Gasteiger partial charge in [0.25, 0.3) is 0 Å². The molecule has 8 nitrogen and oxygen atoms in total. The number of nitrogens with zero attached hydrogens (tertiary/aromatic N) is 3. The van der Waals surface area contributed by atoms with Crippen LogP contribution in [0.1, 0.15) is 51.9 Å². The van der Waals surface area contributed by atoms with Gasteiger partial charge in [-0.3, -0.25) is 9.80 Å². The SMILES string of the molecule is COc1ccc2cc1Oc1ccc(cc1)C[C@H]1c3c(cc(OC)c4c3Oc3cc5c(cc3O4)CCN(CCC#N)[C@H]5C2)CCN1C. The average molecular weight is 616 g/mol. The number of rotatable bonds is 4. The lowest BCUT2D eigenvalue weighted by atomic mass is 9.86. The maximum absolute atomic E-state index is 9.48. The molecule has 0 fully saturated rings. The molecule has 0 aliphatic carbocycles. The van der Waals surface area contributed by atoms with Crippen molar-refractivity contribution in [3.8, 4) is 52.1 Å². The Labute approximate surface area is 269 Å². The highest BCUT2D eigenvalue weighted by Crippen LogP contribution is 2.56. The van der Waals surface area contributed by atoms with Crippen LogP contribution in [-0.4, -0.2) is 50.7 Å². The fourth-order valence-corrected chi connectivity index (χ4v) is 7.57. The van der Waals surface area contributed by atoms with Crippen LogP contribution in [0.25, 0.3) is 0 Å². The lowest BCUT2D eigenvalue weighted by Crippen LogP contribution is -2.37. The van der Waals surface area contributed by atoms with Gasteiger partial charge in [-0.1, -0.05) is 18.2 Å². The Balaban J connectivity index is 1.32. The molecule has 4 aromatic carbocycles. The number of hydrogen-bond acceptors (Lipinski definition) is 8. The molecule has 4 aromatic rings. The molecule has 2 atom stereocenters. The van der Waals surface area contributed by atoms with Gasteiger partial charge in [-0.05, 0) is 103 Å². The van der Waals surface area contributed by atoms with Crippen LogP contribution >= 0.6 is 0 Å². The van der Waals surface area contributed by atoms with E-state index in [-0.39, 0.29) is 12.1 Å². The highest BCUT2D eigenvalue weighted by molar-refractivity contribution is 5.67. The molecule has 0 radical (unpaired) electrons. The van der Waals surface area contributed by atoms with E-state index in [9.17, 15) is 5.26 Å². The molecule has 0 N–H and O–H groups in total. The summed E-state index contributed by atoms with van der Waals surface area (Å²) in [7, 11) is 5.55. The van der Waals surface area contributed by atoms with Crippen molar-refractivity contribution in [2.45, 2.75) is 44.2 Å². The number of ether oxygens (including phenoxy) is 5. The largest absolute Gasteiger partial charge is 0.493 e. The van der Waals surface area contributed by atoms with Gasteiger partial charge in [0.2, 0.25) is 5.75 Å². The molecular formula is C38H37N3O5. The van der Waals surface area contributed by atoms with Crippen LogP contribution in [0.5, 0.6) is 46.0 Å². The number of benzene rings is 4. The van der Waals surface area contributed by atoms with Crippen LogP contribution in [-0.2, 0) is 25.7 Å². The average Bonchev–Trinajstić information content (AvgIpc) is 3.07. The first-order valence-corrected chi connectivity index (χ1v) is 16.0. The first-order chi connectivity index (χ1) is 22.5. The van der Waals surface area contributed by atoms with E-state index < -0.39 is 0 Å². The summed E-state index contributed by atoms with van der Waals surface area (Å²) in [5.74, 6) is 5.62. The Morgan fingerprint density at radius 2 is 1.50 bits per heavy atom. The van der Waals surface area contributed by atoms with Crippen LogP contribution in [0.2, 0.25) is 0 Å². The summed E-state index contributed by atoms with van der Waals surface area (Å²) in [6.07, 6.45) is 3.77. The summed E-state index contributed by atoms with van der Waals surface area (Å²) in [5, 5.41) is 9.48. The van der Waals surface area contributed by atoms with Crippen molar-refractivity contribution in [1.29, 1.82) is 5.26 Å². The van der Waals surface area contributed by atoms with E-state index in [2.05, 4.69) is 65.4 Å². The lowest BCUT2D eigenvalue weighted by molar-refractivity contribution is 0.186. The summed E-state index contributed by atoms with van der Waals surface area (Å²) >= 11 is 0. The summed E-state index contributed by atoms with van der Waals surface area (Å²) < 4.78 is 31.7. The second-order valence-electron chi connectivity index (χ2n) is 12.6. The van der Waals surface area contributed by atoms with Gasteiger partial charge in [0.05, 0.1) is 20.3 Å². The smallest absolute Gasteiger partial charge is 0.212 e. The predicted molar refractivity (Wildman–Crippen MR) is 174 cm³/mol. The normalized spacial score (nSPS) is 19.6. The van der Waals surface area contributed by atoms with Crippen LogP contribution in [0.3, 0.4) is 0 Å². The standard InChI is InChI=1S/C38H37N3O5/c1-40-15-11-26-21-35(43-3)37-38-36(26)30(40)17-23-5-8-27(9-6-23)44-32-19-24(7-10-31(32)42-2)18-29-28-22-34(46-38)33(45-37)20-25(28)12-16-41(29)14-4-13-39/h5-10,19-22,29-30H,4,11-12,14-18H2,1-3H3/t29-,30-/m0/s1. The van der Waals surface area contributed by atoms with Gasteiger partial charge in [-0.25, -0.2) is 0 Å². The third-order valence-corrected chi connectivity index (χ3v) is 9.99. The Morgan fingerprint density at radius 3 is 2.30 bits per heavy atom. The number of nitriles is 1. The minimum Gasteiger partial charge on any atom is -0.493 e. The van der Waals surface area contributed by atoms with Crippen LogP contribution < -0.4 is 23.7 Å². The van der Waals surface area contributed by atoms with Crippen molar-refractivity contribution in [1.82, 2.24) is 9.80 Å². The van der Waals surface area contributed by atoms with E-state index in [1.807, 2.05) is 18.2 Å². The van der Waals surface area contributed by atoms with Gasteiger partial charge in [0.1, 0.15) is 5.75 Å². The molecule has 9 rings (SSSR count). The molecule has 46 heavy (non-hydrogen) atoms. The molecule has 5 heterocycles. The van der Waals surface area contributed by atoms with E-state index in [4.69, 9.17) is 23.7 Å². The van der Waals surface area contributed by atoms with Gasteiger partial charge < -0.3 is 23.7 Å². The van der Waals surface area contributed by atoms with Crippen molar-refractivity contribution in [2.24, 2.45) is 0 Å². The number of likely N-dealkylation sites (N-methyl/N-ethyl adjacent to an activating group) is 1. The molecule has 5 aliphatic rings. The summed E-state index contributed by atoms with van der Waals surface area (Å²) in [5.41, 5.74) is 7.14. The lowest BCUT2D eigenvalue weighted by Gasteiger charge is -2.39. The predicted octanol–water partition coefficient (Wildman–Crippen LogP) is 7.53. The Morgan fingerprint density at radius 1 is 0.761 bits per heavy atom. The second-order valence-corrected chi connectivity index (χ2v) is 12.6. The van der Waals surface area contributed by atoms with E-state index in [1.54, 1.807) is 14.2 Å². The highest BCUT2D eigenvalue weighted by atomic mass is 16.6. The van der Waals surface area contributed by atoms with Crippen molar-refractivity contribution in [3.05, 3.63) is 94.0 Å². The Kier molecular flexibility index (Phi) is 7.24. The van der Waals surface area contributed by atoms with E-state index in [1.165, 1.54) is 22.3 Å². The molecule has 234 valence electrons. The fourth-order valence-electron chi connectivity index (χ4n) is 7.57. The molecule has 0 saturated carbocycles. The van der Waals surface area contributed by atoms with Gasteiger partial charge in [-0.2, -0.15) is 5.26 Å². The minimum atomic E-state index is 0.0462. The van der Waals surface area contributed by atoms with Gasteiger partial charge in [-0.15, -0.1) is 0 Å². The molecule has 0 spiro atoms. The van der Waals surface area contributed by atoms with Crippen molar-refractivity contribution >= 4 is 0 Å². The Hall–Kier alpha value is -4.71. The van der Waals surface area contributed by atoms with Gasteiger partial charge in [0.15, 0.2) is 34.5 Å². The maximum atomic E-state index is 9.48. The Bertz CT molecular complexity index is 1860. The molecular weight excluding hydrogens is 578 g/mol. The summed E-state index contributed by atoms with van der Waals surface area (Å²) in [6.45, 7) is 2.48. The van der Waals surface area contributed by atoms with E-state index >= 15 is 0 Å². The number of hydrogen-bond donors (Lipinski definition) is 0. The molecule has 0 saturated heterocycles. The van der Waals surface area contributed by atoms with Crippen LogP contribution in [0, 0.1) is 11.3 Å². The van der Waals surface area contributed by atoms with Crippen molar-refractivity contribution in [3.63, 3.8) is 0 Å². The van der Waals surface area contributed by atoms with E-state index in [0.717, 1.165) is 61.4 Å². The zero-order valence-electron chi connectivity index (χ0n) is 26.5. The van der Waals surface area contributed by atoms with Crippen molar-refractivity contribution in [2.75, 3.05) is 40.9 Å². The zero-order chi connectivity index (χ0) is 31.4. The first-order valence-electron chi connectivity index (χ1n) is 16.0. The molecule has 7 bridgehead atoms. The maximum Gasteiger partial charge on any atom is 0.212 e. The molecule has 0 amide bonds. The topological polar surface area (TPSA) is 76.4 Å². The molecule has 0 unspecified atom stereocenters. The second kappa shape index (κ2) is 11.6. The molecule has 0 aromatic heterocycles. The minimum absolute atomic E-state index is 0.0462. The van der Waals surface area contributed by atoms with Crippen molar-refractivity contribution < 1.29 is 23.7 Å². The highest BCUT2D eigenvalue weighted by Gasteiger charge is 2.37. The third kappa shape index (κ3) is 4.91. The molecule has 5 aliphatic heterocycles. The van der Waals surface area contributed by atoms with Gasteiger partial charge >= 0.3 is 0 Å². The fraction of sp³-hybridized carbons (Fsp3) is 0.342.